The zero-order chi connectivity index (χ0) is 22.7. The number of hydrogen-bond acceptors (Lipinski definition) is 8. The first-order chi connectivity index (χ1) is 14.9. The van der Waals surface area contributed by atoms with E-state index in [1.807, 2.05) is 0 Å². The highest BCUT2D eigenvalue weighted by Gasteiger charge is 2.91. The molecular formula is C23H28N4O2S2. The van der Waals surface area contributed by atoms with Gasteiger partial charge < -0.3 is 10.5 Å². The van der Waals surface area contributed by atoms with Crippen molar-refractivity contribution in [2.75, 3.05) is 18.6 Å². The van der Waals surface area contributed by atoms with Crippen LogP contribution in [0.2, 0.25) is 0 Å². The summed E-state index contributed by atoms with van der Waals surface area (Å²) in [5.41, 5.74) is 5.48. The van der Waals surface area contributed by atoms with Crippen molar-refractivity contribution in [3.05, 3.63) is 35.4 Å². The SMILES string of the molecule is CCCCSC1(SCCCC)N=C(N)C2(C#N)C(c3ccc(C(=O)OC)cc3)C12C#N. The number of benzene rings is 1. The molecule has 2 N–H and O–H groups in total. The van der Waals surface area contributed by atoms with Gasteiger partial charge in [0, 0.05) is 5.92 Å². The Morgan fingerprint density at radius 1 is 1.13 bits per heavy atom. The van der Waals surface area contributed by atoms with Gasteiger partial charge in [0.1, 0.15) is 16.7 Å². The van der Waals surface area contributed by atoms with E-state index in [0.29, 0.717) is 5.56 Å². The summed E-state index contributed by atoms with van der Waals surface area (Å²) in [7, 11) is 1.34. The first-order valence-corrected chi connectivity index (χ1v) is 12.6. The number of unbranched alkanes of at least 4 members (excludes halogenated alkanes) is 2. The van der Waals surface area contributed by atoms with Crippen molar-refractivity contribution in [1.82, 2.24) is 0 Å². The third-order valence-electron chi connectivity index (χ3n) is 6.18. The average Bonchev–Trinajstić information content (AvgIpc) is 3.37. The number of aliphatic imine (C=N–C) groups is 1. The topological polar surface area (TPSA) is 112 Å². The molecule has 3 unspecified atom stereocenters. The number of nitrogens with zero attached hydrogens (tertiary/aromatic N) is 3. The molecule has 0 amide bonds. The molecule has 1 fully saturated rings. The van der Waals surface area contributed by atoms with Gasteiger partial charge >= 0.3 is 5.97 Å². The van der Waals surface area contributed by atoms with E-state index >= 15 is 0 Å². The monoisotopic (exact) mass is 456 g/mol. The molecule has 1 saturated carbocycles. The molecule has 31 heavy (non-hydrogen) atoms. The van der Waals surface area contributed by atoms with E-state index in [0.717, 1.165) is 42.8 Å². The minimum absolute atomic E-state index is 0.256. The Morgan fingerprint density at radius 3 is 2.16 bits per heavy atom. The molecule has 1 aromatic rings. The molecule has 0 aromatic heterocycles. The fourth-order valence-corrected chi connectivity index (χ4v) is 8.18. The lowest BCUT2D eigenvalue weighted by Gasteiger charge is -2.32. The zero-order valence-electron chi connectivity index (χ0n) is 18.2. The molecule has 1 heterocycles. The van der Waals surface area contributed by atoms with E-state index in [4.69, 9.17) is 15.5 Å². The Kier molecular flexibility index (Phi) is 6.93. The van der Waals surface area contributed by atoms with Crippen molar-refractivity contribution in [1.29, 1.82) is 10.5 Å². The molecule has 1 aromatic carbocycles. The van der Waals surface area contributed by atoms with E-state index in [-0.39, 0.29) is 11.8 Å². The van der Waals surface area contributed by atoms with Crippen molar-refractivity contribution in [3.8, 4) is 12.1 Å². The van der Waals surface area contributed by atoms with Gasteiger partial charge in [0.15, 0.2) is 4.20 Å². The van der Waals surface area contributed by atoms with E-state index in [2.05, 4.69) is 26.0 Å². The van der Waals surface area contributed by atoms with Gasteiger partial charge in [-0.25, -0.2) is 9.79 Å². The quantitative estimate of drug-likeness (QED) is 0.309. The molecular weight excluding hydrogens is 428 g/mol. The number of methoxy groups -OCH3 is 1. The molecule has 1 aliphatic heterocycles. The molecule has 0 spiro atoms. The van der Waals surface area contributed by atoms with Gasteiger partial charge in [-0.3, -0.25) is 0 Å². The third-order valence-corrected chi connectivity index (χ3v) is 9.49. The molecule has 0 saturated heterocycles. The summed E-state index contributed by atoms with van der Waals surface area (Å²) in [6.07, 6.45) is 4.11. The van der Waals surface area contributed by atoms with Gasteiger partial charge in [-0.1, -0.05) is 38.8 Å². The fraction of sp³-hybridized carbons (Fsp3) is 0.565. The van der Waals surface area contributed by atoms with Gasteiger partial charge in [-0.2, -0.15) is 10.5 Å². The summed E-state index contributed by atoms with van der Waals surface area (Å²) in [5, 5.41) is 20.8. The lowest BCUT2D eigenvalue weighted by atomic mass is 9.97. The van der Waals surface area contributed by atoms with Crippen LogP contribution in [0.4, 0.5) is 0 Å². The second-order valence-corrected chi connectivity index (χ2v) is 10.7. The minimum atomic E-state index is -1.15. The van der Waals surface area contributed by atoms with Crippen LogP contribution in [0.15, 0.2) is 29.3 Å². The Morgan fingerprint density at radius 2 is 1.71 bits per heavy atom. The molecule has 8 heteroatoms. The number of fused-ring (bicyclic) bond motifs is 1. The summed E-state index contributed by atoms with van der Waals surface area (Å²) in [6.45, 7) is 4.26. The van der Waals surface area contributed by atoms with Crippen LogP contribution in [0.3, 0.4) is 0 Å². The van der Waals surface area contributed by atoms with Gasteiger partial charge in [-0.05, 0) is 42.0 Å². The van der Waals surface area contributed by atoms with E-state index in [1.54, 1.807) is 47.8 Å². The summed E-state index contributed by atoms with van der Waals surface area (Å²) < 4.78 is 3.97. The number of nitrogens with two attached hydrogens (primary N) is 1. The first kappa shape index (κ1) is 23.5. The van der Waals surface area contributed by atoms with Crippen molar-refractivity contribution >= 4 is 35.3 Å². The Labute approximate surface area is 192 Å². The van der Waals surface area contributed by atoms with Crippen LogP contribution in [0, 0.1) is 33.5 Å². The number of nitriles is 2. The average molecular weight is 457 g/mol. The highest BCUT2D eigenvalue weighted by atomic mass is 32.2. The van der Waals surface area contributed by atoms with Gasteiger partial charge in [0.05, 0.1) is 24.8 Å². The highest BCUT2D eigenvalue weighted by molar-refractivity contribution is 8.18. The fourth-order valence-electron chi connectivity index (χ4n) is 4.50. The number of thioether (sulfide) groups is 2. The summed E-state index contributed by atoms with van der Waals surface area (Å²) in [5.74, 6) is 1.15. The molecule has 6 nitrogen and oxygen atoms in total. The number of amidine groups is 1. The van der Waals surface area contributed by atoms with Crippen LogP contribution >= 0.6 is 23.5 Å². The lowest BCUT2D eigenvalue weighted by molar-refractivity contribution is 0.0600. The van der Waals surface area contributed by atoms with E-state index in [1.165, 1.54) is 7.11 Å². The highest BCUT2D eigenvalue weighted by Crippen LogP contribution is 2.85. The van der Waals surface area contributed by atoms with Crippen LogP contribution in [0.25, 0.3) is 0 Å². The maximum Gasteiger partial charge on any atom is 0.337 e. The van der Waals surface area contributed by atoms with Crippen LogP contribution < -0.4 is 5.73 Å². The second kappa shape index (κ2) is 9.14. The number of esters is 1. The Balaban J connectivity index is 2.06. The first-order valence-electron chi connectivity index (χ1n) is 10.6. The molecule has 2 aliphatic rings. The van der Waals surface area contributed by atoms with Crippen LogP contribution in [-0.4, -0.2) is 34.6 Å². The molecule has 1 aliphatic carbocycles. The number of carbonyl (C=O) groups excluding carboxylic acids is 1. The van der Waals surface area contributed by atoms with Gasteiger partial charge in [0.25, 0.3) is 0 Å². The van der Waals surface area contributed by atoms with E-state index in [9.17, 15) is 15.3 Å². The molecule has 0 radical (unpaired) electrons. The smallest absolute Gasteiger partial charge is 0.337 e. The Bertz CT molecular complexity index is 940. The van der Waals surface area contributed by atoms with Gasteiger partial charge in [-0.15, -0.1) is 23.5 Å². The van der Waals surface area contributed by atoms with Crippen LogP contribution in [0.1, 0.15) is 61.4 Å². The van der Waals surface area contributed by atoms with Crippen LogP contribution in [-0.2, 0) is 4.74 Å². The number of ether oxygens (including phenoxy) is 1. The molecule has 3 atom stereocenters. The van der Waals surface area contributed by atoms with Crippen molar-refractivity contribution in [3.63, 3.8) is 0 Å². The Hall–Kier alpha value is -2.16. The van der Waals surface area contributed by atoms with Crippen molar-refractivity contribution in [2.45, 2.75) is 49.7 Å². The number of hydrogen-bond donors (Lipinski definition) is 1. The maximum atomic E-state index is 11.8. The van der Waals surface area contributed by atoms with Crippen molar-refractivity contribution in [2.24, 2.45) is 21.6 Å². The molecule has 164 valence electrons. The van der Waals surface area contributed by atoms with Gasteiger partial charge in [0.2, 0.25) is 0 Å². The summed E-state index contributed by atoms with van der Waals surface area (Å²) in [6, 6.07) is 11.9. The normalized spacial score (nSPS) is 27.5. The van der Waals surface area contributed by atoms with Crippen LogP contribution in [0.5, 0.6) is 0 Å². The number of carbonyl (C=O) groups is 1. The predicted octanol–water partition coefficient (Wildman–Crippen LogP) is 4.68. The molecule has 0 bridgehead atoms. The maximum absolute atomic E-state index is 11.8. The summed E-state index contributed by atoms with van der Waals surface area (Å²) >= 11 is 3.31. The predicted molar refractivity (Wildman–Crippen MR) is 126 cm³/mol. The van der Waals surface area contributed by atoms with Crippen molar-refractivity contribution < 1.29 is 9.53 Å². The minimum Gasteiger partial charge on any atom is -0.465 e. The standard InChI is InChI=1S/C23H28N4O2S2/c1-4-6-12-30-23(31-13-7-5-2)22(15-25)18(21(22,14-24)20(26)27-23)16-8-10-17(11-9-16)19(28)29-3/h8-11,18H,4-7,12-13H2,1-3H3,(H2,26,27). The largest absolute Gasteiger partial charge is 0.465 e. The zero-order valence-corrected chi connectivity index (χ0v) is 19.8. The third kappa shape index (κ3) is 3.32. The summed E-state index contributed by atoms with van der Waals surface area (Å²) in [4.78, 5) is 16.6. The second-order valence-electron chi connectivity index (χ2n) is 7.87. The lowest BCUT2D eigenvalue weighted by Crippen LogP contribution is -2.32. The molecule has 3 rings (SSSR count). The van der Waals surface area contributed by atoms with E-state index < -0.39 is 21.0 Å². The number of rotatable bonds is 10.